The van der Waals surface area contributed by atoms with Crippen molar-refractivity contribution in [1.29, 1.82) is 0 Å². The minimum absolute atomic E-state index is 0.0301. The number of fused-ring (bicyclic) bond motifs is 3. The SMILES string of the molecule is O=c1[nH]c(C2CC3CCC2O3)nc2c1COCC2. The highest BCUT2D eigenvalue weighted by atomic mass is 16.5. The fraction of sp³-hybridized carbons (Fsp3) is 0.692. The van der Waals surface area contributed by atoms with Gasteiger partial charge in [0.2, 0.25) is 0 Å². The molecule has 2 saturated heterocycles. The van der Waals surface area contributed by atoms with Crippen LogP contribution in [0.4, 0.5) is 0 Å². The molecule has 5 nitrogen and oxygen atoms in total. The van der Waals surface area contributed by atoms with Crippen LogP contribution < -0.4 is 5.56 Å². The first-order valence-corrected chi connectivity index (χ1v) is 6.66. The van der Waals surface area contributed by atoms with Crippen LogP contribution in [0.15, 0.2) is 4.79 Å². The van der Waals surface area contributed by atoms with Crippen LogP contribution in [0.5, 0.6) is 0 Å². The molecule has 0 spiro atoms. The van der Waals surface area contributed by atoms with E-state index in [0.29, 0.717) is 24.9 Å². The Morgan fingerprint density at radius 3 is 3.06 bits per heavy atom. The van der Waals surface area contributed by atoms with E-state index in [0.717, 1.165) is 37.2 Å². The van der Waals surface area contributed by atoms with Crippen molar-refractivity contribution in [3.05, 3.63) is 27.4 Å². The molecule has 0 radical (unpaired) electrons. The second-order valence-electron chi connectivity index (χ2n) is 5.40. The smallest absolute Gasteiger partial charge is 0.256 e. The van der Waals surface area contributed by atoms with Crippen LogP contribution in [0.2, 0.25) is 0 Å². The van der Waals surface area contributed by atoms with Gasteiger partial charge in [0.1, 0.15) is 5.82 Å². The van der Waals surface area contributed by atoms with Crippen molar-refractivity contribution in [2.75, 3.05) is 6.61 Å². The number of aromatic nitrogens is 2. The molecule has 0 aromatic carbocycles. The number of aromatic amines is 1. The van der Waals surface area contributed by atoms with Gasteiger partial charge in [-0.05, 0) is 19.3 Å². The molecule has 4 rings (SSSR count). The van der Waals surface area contributed by atoms with E-state index < -0.39 is 0 Å². The lowest BCUT2D eigenvalue weighted by Gasteiger charge is -2.20. The summed E-state index contributed by atoms with van der Waals surface area (Å²) in [6.45, 7) is 1.06. The lowest BCUT2D eigenvalue weighted by Crippen LogP contribution is -2.28. The monoisotopic (exact) mass is 248 g/mol. The molecule has 96 valence electrons. The van der Waals surface area contributed by atoms with Gasteiger partial charge in [0.05, 0.1) is 36.7 Å². The van der Waals surface area contributed by atoms with Gasteiger partial charge >= 0.3 is 0 Å². The second-order valence-corrected chi connectivity index (χ2v) is 5.40. The largest absolute Gasteiger partial charge is 0.376 e. The first kappa shape index (κ1) is 10.7. The first-order valence-electron chi connectivity index (χ1n) is 6.66. The summed E-state index contributed by atoms with van der Waals surface area (Å²) >= 11 is 0. The van der Waals surface area contributed by atoms with Gasteiger partial charge in [-0.3, -0.25) is 4.79 Å². The van der Waals surface area contributed by atoms with Gasteiger partial charge in [-0.1, -0.05) is 0 Å². The molecule has 2 fully saturated rings. The minimum atomic E-state index is -0.0301. The summed E-state index contributed by atoms with van der Waals surface area (Å²) in [5.74, 6) is 1.11. The molecule has 1 aromatic heterocycles. The van der Waals surface area contributed by atoms with E-state index in [-0.39, 0.29) is 17.6 Å². The summed E-state index contributed by atoms with van der Waals surface area (Å²) in [5.41, 5.74) is 1.59. The maximum absolute atomic E-state index is 12.0. The van der Waals surface area contributed by atoms with Gasteiger partial charge in [-0.15, -0.1) is 0 Å². The number of nitrogens with zero attached hydrogens (tertiary/aromatic N) is 1. The van der Waals surface area contributed by atoms with Gasteiger partial charge in [-0.25, -0.2) is 4.98 Å². The van der Waals surface area contributed by atoms with Crippen LogP contribution in [-0.4, -0.2) is 28.8 Å². The van der Waals surface area contributed by atoms with E-state index in [1.165, 1.54) is 0 Å². The van der Waals surface area contributed by atoms with Crippen LogP contribution in [0.25, 0.3) is 0 Å². The quantitative estimate of drug-likeness (QED) is 0.801. The molecule has 18 heavy (non-hydrogen) atoms. The second kappa shape index (κ2) is 3.90. The predicted molar refractivity (Wildman–Crippen MR) is 63.5 cm³/mol. The van der Waals surface area contributed by atoms with E-state index in [9.17, 15) is 4.79 Å². The maximum atomic E-state index is 12.0. The van der Waals surface area contributed by atoms with E-state index in [1.54, 1.807) is 0 Å². The molecule has 0 saturated carbocycles. The third-order valence-corrected chi connectivity index (χ3v) is 4.31. The summed E-state index contributed by atoms with van der Waals surface area (Å²) < 4.78 is 11.1. The van der Waals surface area contributed by atoms with Crippen molar-refractivity contribution in [2.24, 2.45) is 0 Å². The highest BCUT2D eigenvalue weighted by Crippen LogP contribution is 2.43. The summed E-state index contributed by atoms with van der Waals surface area (Å²) in [5, 5.41) is 0. The molecule has 4 heterocycles. The Kier molecular flexibility index (Phi) is 2.32. The average molecular weight is 248 g/mol. The molecule has 1 N–H and O–H groups in total. The maximum Gasteiger partial charge on any atom is 0.256 e. The van der Waals surface area contributed by atoms with Gasteiger partial charge in [0.15, 0.2) is 0 Å². The molecule has 3 atom stereocenters. The molecule has 3 aliphatic rings. The molecule has 0 amide bonds. The number of rotatable bonds is 1. The van der Waals surface area contributed by atoms with Crippen molar-refractivity contribution in [3.63, 3.8) is 0 Å². The van der Waals surface area contributed by atoms with Gasteiger partial charge in [0.25, 0.3) is 5.56 Å². The Hall–Kier alpha value is -1.20. The highest BCUT2D eigenvalue weighted by molar-refractivity contribution is 5.21. The molecule has 3 aliphatic heterocycles. The number of nitrogens with one attached hydrogen (secondary N) is 1. The van der Waals surface area contributed by atoms with Crippen molar-refractivity contribution in [1.82, 2.24) is 9.97 Å². The minimum Gasteiger partial charge on any atom is -0.376 e. The van der Waals surface area contributed by atoms with Gasteiger partial charge in [-0.2, -0.15) is 0 Å². The first-order chi connectivity index (χ1) is 8.81. The summed E-state index contributed by atoms with van der Waals surface area (Å²) in [6, 6.07) is 0. The van der Waals surface area contributed by atoms with E-state index in [4.69, 9.17) is 9.47 Å². The van der Waals surface area contributed by atoms with Crippen molar-refractivity contribution in [2.45, 2.75) is 50.4 Å². The summed E-state index contributed by atoms with van der Waals surface area (Å²) in [7, 11) is 0. The summed E-state index contributed by atoms with van der Waals surface area (Å²) in [4.78, 5) is 19.6. The number of hydrogen-bond donors (Lipinski definition) is 1. The number of H-pyrrole nitrogens is 1. The van der Waals surface area contributed by atoms with Crippen LogP contribution >= 0.6 is 0 Å². The molecular formula is C13H16N2O3. The normalized spacial score (nSPS) is 33.7. The molecule has 1 aromatic rings. The number of hydrogen-bond acceptors (Lipinski definition) is 4. The van der Waals surface area contributed by atoms with Crippen molar-refractivity contribution < 1.29 is 9.47 Å². The Morgan fingerprint density at radius 1 is 1.33 bits per heavy atom. The van der Waals surface area contributed by atoms with Crippen LogP contribution in [0.3, 0.4) is 0 Å². The van der Waals surface area contributed by atoms with Crippen LogP contribution in [-0.2, 0) is 22.5 Å². The molecular weight excluding hydrogens is 232 g/mol. The zero-order valence-electron chi connectivity index (χ0n) is 10.1. The molecule has 3 unspecified atom stereocenters. The van der Waals surface area contributed by atoms with Crippen molar-refractivity contribution in [3.8, 4) is 0 Å². The third-order valence-electron chi connectivity index (χ3n) is 4.31. The third kappa shape index (κ3) is 1.54. The standard InChI is InChI=1S/C13H16N2O3/c16-13-9-6-17-4-3-10(9)14-12(15-13)8-5-7-1-2-11(8)18-7/h7-8,11H,1-6H2,(H,14,15,16). The number of ether oxygens (including phenoxy) is 2. The Labute approximate surface area is 105 Å². The van der Waals surface area contributed by atoms with E-state index in [1.807, 2.05) is 0 Å². The van der Waals surface area contributed by atoms with Gasteiger partial charge in [0, 0.05) is 12.3 Å². The zero-order valence-corrected chi connectivity index (χ0v) is 10.1. The Morgan fingerprint density at radius 2 is 2.28 bits per heavy atom. The molecule has 2 bridgehead atoms. The topological polar surface area (TPSA) is 64.2 Å². The molecule has 0 aliphatic carbocycles. The molecule has 5 heteroatoms. The van der Waals surface area contributed by atoms with E-state index >= 15 is 0 Å². The Bertz CT molecular complexity index is 540. The lowest BCUT2D eigenvalue weighted by atomic mass is 9.88. The van der Waals surface area contributed by atoms with Crippen LogP contribution in [0, 0.1) is 0 Å². The van der Waals surface area contributed by atoms with Gasteiger partial charge < -0.3 is 14.5 Å². The van der Waals surface area contributed by atoms with Crippen molar-refractivity contribution >= 4 is 0 Å². The zero-order chi connectivity index (χ0) is 12.1. The van der Waals surface area contributed by atoms with Crippen LogP contribution in [0.1, 0.15) is 42.3 Å². The fourth-order valence-corrected chi connectivity index (χ4v) is 3.36. The lowest BCUT2D eigenvalue weighted by molar-refractivity contribution is 0.0991. The predicted octanol–water partition coefficient (Wildman–Crippen LogP) is 0.877. The average Bonchev–Trinajstić information content (AvgIpc) is 3.01. The fourth-order valence-electron chi connectivity index (χ4n) is 3.36. The summed E-state index contributed by atoms with van der Waals surface area (Å²) in [6.07, 6.45) is 4.64. The highest BCUT2D eigenvalue weighted by Gasteiger charge is 2.43. The van der Waals surface area contributed by atoms with E-state index in [2.05, 4.69) is 9.97 Å². The Balaban J connectivity index is 1.73.